The zero-order valence-electron chi connectivity index (χ0n) is 10.7. The van der Waals surface area contributed by atoms with Crippen LogP contribution >= 0.6 is 23.4 Å². The number of halogens is 1. The molecule has 100 valence electrons. The van der Waals surface area contributed by atoms with E-state index in [1.165, 1.54) is 25.7 Å². The molecule has 0 heterocycles. The third kappa shape index (κ3) is 3.34. The van der Waals surface area contributed by atoms with Crippen LogP contribution in [0.5, 0.6) is 5.75 Å². The summed E-state index contributed by atoms with van der Waals surface area (Å²) in [6.45, 7) is 1.68. The van der Waals surface area contributed by atoms with Gasteiger partial charge in [0.1, 0.15) is 5.75 Å². The van der Waals surface area contributed by atoms with E-state index in [9.17, 15) is 5.11 Å². The first-order chi connectivity index (χ1) is 8.65. The topological polar surface area (TPSA) is 32.3 Å². The molecule has 2 rings (SSSR count). The zero-order chi connectivity index (χ0) is 13.0. The summed E-state index contributed by atoms with van der Waals surface area (Å²) in [6.07, 6.45) is 7.46. The molecule has 18 heavy (non-hydrogen) atoms. The molecular weight excluding hydrogens is 266 g/mol. The van der Waals surface area contributed by atoms with Crippen molar-refractivity contribution in [2.45, 2.75) is 37.0 Å². The third-order valence-corrected chi connectivity index (χ3v) is 5.41. The maximum absolute atomic E-state index is 9.74. The van der Waals surface area contributed by atoms with Gasteiger partial charge in [-0.1, -0.05) is 24.4 Å². The van der Waals surface area contributed by atoms with Gasteiger partial charge in [-0.05, 0) is 37.3 Å². The number of benzene rings is 1. The second-order valence-corrected chi connectivity index (χ2v) is 6.68. The minimum Gasteiger partial charge on any atom is -0.508 e. The van der Waals surface area contributed by atoms with Gasteiger partial charge in [0.15, 0.2) is 0 Å². The predicted molar refractivity (Wildman–Crippen MR) is 79.5 cm³/mol. The maximum atomic E-state index is 9.74. The Kier molecular flexibility index (Phi) is 4.82. The van der Waals surface area contributed by atoms with Gasteiger partial charge < -0.3 is 10.4 Å². The lowest BCUT2D eigenvalue weighted by Crippen LogP contribution is -2.34. The van der Waals surface area contributed by atoms with E-state index in [1.807, 2.05) is 17.8 Å². The lowest BCUT2D eigenvalue weighted by Gasteiger charge is -2.27. The van der Waals surface area contributed by atoms with Gasteiger partial charge in [0.05, 0.1) is 0 Å². The van der Waals surface area contributed by atoms with Crippen LogP contribution in [0.3, 0.4) is 0 Å². The van der Waals surface area contributed by atoms with Gasteiger partial charge in [-0.25, -0.2) is 0 Å². The molecule has 2 nitrogen and oxygen atoms in total. The fourth-order valence-electron chi connectivity index (χ4n) is 2.59. The smallest absolute Gasteiger partial charge is 0.120 e. The Bertz CT molecular complexity index is 405. The van der Waals surface area contributed by atoms with E-state index >= 15 is 0 Å². The number of hydrogen-bond donors (Lipinski definition) is 2. The van der Waals surface area contributed by atoms with Crippen LogP contribution in [0.4, 0.5) is 0 Å². The summed E-state index contributed by atoms with van der Waals surface area (Å²) in [4.78, 5) is 0. The highest BCUT2D eigenvalue weighted by atomic mass is 35.5. The van der Waals surface area contributed by atoms with Crippen molar-refractivity contribution >= 4 is 23.4 Å². The van der Waals surface area contributed by atoms with E-state index in [4.69, 9.17) is 11.6 Å². The van der Waals surface area contributed by atoms with E-state index in [0.717, 1.165) is 12.1 Å². The van der Waals surface area contributed by atoms with Gasteiger partial charge >= 0.3 is 0 Å². The molecule has 0 aromatic heterocycles. The summed E-state index contributed by atoms with van der Waals surface area (Å²) in [5, 5.41) is 13.9. The van der Waals surface area contributed by atoms with Crippen LogP contribution in [0.1, 0.15) is 31.2 Å². The fraction of sp³-hybridized carbons (Fsp3) is 0.571. The normalized spacial score (nSPS) is 18.1. The van der Waals surface area contributed by atoms with Crippen molar-refractivity contribution in [2.24, 2.45) is 0 Å². The number of hydrogen-bond acceptors (Lipinski definition) is 3. The first-order valence-corrected chi connectivity index (χ1v) is 7.99. The molecule has 0 radical (unpaired) electrons. The Hall–Kier alpha value is -0.380. The summed E-state index contributed by atoms with van der Waals surface area (Å²) < 4.78 is 0.397. The van der Waals surface area contributed by atoms with Crippen molar-refractivity contribution in [1.82, 2.24) is 5.32 Å². The van der Waals surface area contributed by atoms with Crippen LogP contribution in [-0.4, -0.2) is 22.7 Å². The second-order valence-electron chi connectivity index (χ2n) is 4.97. The summed E-state index contributed by atoms with van der Waals surface area (Å²) in [5.41, 5.74) is 0.872. The molecule has 1 aliphatic carbocycles. The highest BCUT2D eigenvalue weighted by molar-refractivity contribution is 8.00. The SMILES string of the molecule is CSC1(CNCc2cc(Cl)ccc2O)CCCC1. The van der Waals surface area contributed by atoms with Gasteiger partial charge in [-0.2, -0.15) is 11.8 Å². The molecule has 1 saturated carbocycles. The Morgan fingerprint density at radius 2 is 2.11 bits per heavy atom. The van der Waals surface area contributed by atoms with Gasteiger partial charge in [0.2, 0.25) is 0 Å². The molecule has 0 saturated heterocycles. The molecule has 2 N–H and O–H groups in total. The van der Waals surface area contributed by atoms with Gasteiger partial charge in [-0.15, -0.1) is 0 Å². The van der Waals surface area contributed by atoms with Crippen LogP contribution in [-0.2, 0) is 6.54 Å². The summed E-state index contributed by atoms with van der Waals surface area (Å²) >= 11 is 7.91. The minimum atomic E-state index is 0.316. The van der Waals surface area contributed by atoms with Gasteiger partial charge in [-0.3, -0.25) is 0 Å². The highest BCUT2D eigenvalue weighted by Crippen LogP contribution is 2.39. The molecule has 4 heteroatoms. The maximum Gasteiger partial charge on any atom is 0.120 e. The van der Waals surface area contributed by atoms with Crippen molar-refractivity contribution in [1.29, 1.82) is 0 Å². The van der Waals surface area contributed by atoms with E-state index < -0.39 is 0 Å². The lowest BCUT2D eigenvalue weighted by molar-refractivity contribution is 0.460. The second kappa shape index (κ2) is 6.18. The van der Waals surface area contributed by atoms with Crippen molar-refractivity contribution in [3.05, 3.63) is 28.8 Å². The van der Waals surface area contributed by atoms with Crippen molar-refractivity contribution < 1.29 is 5.11 Å². The number of nitrogens with one attached hydrogen (secondary N) is 1. The molecule has 0 unspecified atom stereocenters. The monoisotopic (exact) mass is 285 g/mol. The molecule has 0 atom stereocenters. The molecule has 1 aromatic rings. The minimum absolute atomic E-state index is 0.316. The van der Waals surface area contributed by atoms with Crippen LogP contribution in [0.2, 0.25) is 5.02 Å². The number of phenolic OH excluding ortho intramolecular Hbond substituents is 1. The van der Waals surface area contributed by atoms with Gasteiger partial charge in [0, 0.05) is 28.4 Å². The Morgan fingerprint density at radius 3 is 2.78 bits per heavy atom. The Balaban J connectivity index is 1.89. The Morgan fingerprint density at radius 1 is 1.39 bits per heavy atom. The van der Waals surface area contributed by atoms with Crippen LogP contribution in [0, 0.1) is 0 Å². The third-order valence-electron chi connectivity index (χ3n) is 3.75. The number of rotatable bonds is 5. The highest BCUT2D eigenvalue weighted by Gasteiger charge is 2.32. The summed E-state index contributed by atoms with van der Waals surface area (Å²) in [5.74, 6) is 0.316. The molecule has 0 amide bonds. The molecular formula is C14H20ClNOS. The van der Waals surface area contributed by atoms with Crippen LogP contribution in [0.25, 0.3) is 0 Å². The summed E-state index contributed by atoms with van der Waals surface area (Å²) in [6, 6.07) is 5.18. The number of thioether (sulfide) groups is 1. The van der Waals surface area contributed by atoms with Crippen molar-refractivity contribution in [3.63, 3.8) is 0 Å². The average molecular weight is 286 g/mol. The molecule has 1 aromatic carbocycles. The van der Waals surface area contributed by atoms with E-state index in [2.05, 4.69) is 11.6 Å². The molecule has 0 aliphatic heterocycles. The number of phenols is 1. The van der Waals surface area contributed by atoms with Crippen molar-refractivity contribution in [3.8, 4) is 5.75 Å². The number of aromatic hydroxyl groups is 1. The standard InChI is InChI=1S/C14H20ClNOS/c1-18-14(6-2-3-7-14)10-16-9-11-8-12(15)4-5-13(11)17/h4-5,8,16-17H,2-3,6-7,9-10H2,1H3. The molecule has 0 spiro atoms. The quantitative estimate of drug-likeness (QED) is 0.863. The lowest BCUT2D eigenvalue weighted by atomic mass is 10.1. The van der Waals surface area contributed by atoms with Crippen LogP contribution < -0.4 is 5.32 Å². The average Bonchev–Trinajstić information content (AvgIpc) is 2.83. The van der Waals surface area contributed by atoms with E-state index in [-0.39, 0.29) is 0 Å². The van der Waals surface area contributed by atoms with Crippen molar-refractivity contribution in [2.75, 3.05) is 12.8 Å². The molecule has 1 fully saturated rings. The first kappa shape index (κ1) is 14.0. The largest absolute Gasteiger partial charge is 0.508 e. The van der Waals surface area contributed by atoms with E-state index in [1.54, 1.807) is 12.1 Å². The van der Waals surface area contributed by atoms with E-state index in [0.29, 0.717) is 22.1 Å². The summed E-state index contributed by atoms with van der Waals surface area (Å²) in [7, 11) is 0. The zero-order valence-corrected chi connectivity index (χ0v) is 12.3. The first-order valence-electron chi connectivity index (χ1n) is 6.38. The van der Waals surface area contributed by atoms with Crippen LogP contribution in [0.15, 0.2) is 18.2 Å². The Labute approximate surface area is 118 Å². The molecule has 0 bridgehead atoms. The predicted octanol–water partition coefficient (Wildman–Crippen LogP) is 3.81. The molecule has 1 aliphatic rings. The van der Waals surface area contributed by atoms with Gasteiger partial charge in [0.25, 0.3) is 0 Å². The fourth-order valence-corrected chi connectivity index (χ4v) is 3.73.